The Morgan fingerprint density at radius 3 is 2.81 bits per heavy atom. The van der Waals surface area contributed by atoms with Crippen LogP contribution in [-0.2, 0) is 0 Å². The SMILES string of the molecule is CCC/C=C(/C)N=C(C)c1cccc(N)n1. The molecule has 0 saturated carbocycles. The average Bonchev–Trinajstić information content (AvgIpc) is 2.26. The molecule has 1 aromatic rings. The molecule has 1 rings (SSSR count). The maximum absolute atomic E-state index is 5.63. The number of aliphatic imine (C=N–C) groups is 1. The molecule has 0 amide bonds. The third-order valence-electron chi connectivity index (χ3n) is 2.21. The third-order valence-corrected chi connectivity index (χ3v) is 2.21. The Labute approximate surface area is 97.1 Å². The number of nitrogens with zero attached hydrogens (tertiary/aromatic N) is 2. The number of hydrogen-bond acceptors (Lipinski definition) is 3. The molecular weight excluding hydrogens is 198 g/mol. The summed E-state index contributed by atoms with van der Waals surface area (Å²) in [5.41, 5.74) is 8.40. The van der Waals surface area contributed by atoms with Crippen LogP contribution in [0.15, 0.2) is 35.0 Å². The molecule has 0 aliphatic carbocycles. The normalized spacial score (nSPS) is 12.9. The van der Waals surface area contributed by atoms with E-state index in [1.54, 1.807) is 6.07 Å². The van der Waals surface area contributed by atoms with E-state index in [1.165, 1.54) is 0 Å². The van der Waals surface area contributed by atoms with Crippen molar-refractivity contribution < 1.29 is 0 Å². The van der Waals surface area contributed by atoms with Crippen LogP contribution in [0.4, 0.5) is 5.82 Å². The Morgan fingerprint density at radius 2 is 2.19 bits per heavy atom. The lowest BCUT2D eigenvalue weighted by Crippen LogP contribution is -2.01. The van der Waals surface area contributed by atoms with Crippen molar-refractivity contribution in [1.29, 1.82) is 0 Å². The molecular formula is C13H19N3. The van der Waals surface area contributed by atoms with Crippen LogP contribution in [0, 0.1) is 0 Å². The van der Waals surface area contributed by atoms with Crippen molar-refractivity contribution in [3.05, 3.63) is 35.7 Å². The van der Waals surface area contributed by atoms with Crippen LogP contribution in [0.1, 0.15) is 39.3 Å². The predicted molar refractivity (Wildman–Crippen MR) is 69.5 cm³/mol. The molecule has 86 valence electrons. The van der Waals surface area contributed by atoms with Crippen molar-refractivity contribution in [2.45, 2.75) is 33.6 Å². The smallest absolute Gasteiger partial charge is 0.124 e. The van der Waals surface area contributed by atoms with Gasteiger partial charge in [0.25, 0.3) is 0 Å². The van der Waals surface area contributed by atoms with Gasteiger partial charge in [-0.05, 0) is 32.4 Å². The highest BCUT2D eigenvalue weighted by Crippen LogP contribution is 2.06. The number of nitrogens with two attached hydrogens (primary N) is 1. The highest BCUT2D eigenvalue weighted by Gasteiger charge is 1.99. The van der Waals surface area contributed by atoms with Gasteiger partial charge < -0.3 is 5.73 Å². The summed E-state index contributed by atoms with van der Waals surface area (Å²) in [4.78, 5) is 8.71. The van der Waals surface area contributed by atoms with Crippen molar-refractivity contribution in [1.82, 2.24) is 4.98 Å². The highest BCUT2D eigenvalue weighted by molar-refractivity contribution is 5.97. The summed E-state index contributed by atoms with van der Waals surface area (Å²) < 4.78 is 0. The van der Waals surface area contributed by atoms with Gasteiger partial charge in [0.05, 0.1) is 11.4 Å². The zero-order valence-corrected chi connectivity index (χ0v) is 10.2. The first-order valence-corrected chi connectivity index (χ1v) is 5.58. The second-order valence-electron chi connectivity index (χ2n) is 3.78. The molecule has 1 heterocycles. The Morgan fingerprint density at radius 1 is 1.44 bits per heavy atom. The molecule has 16 heavy (non-hydrogen) atoms. The Balaban J connectivity index is 2.85. The summed E-state index contributed by atoms with van der Waals surface area (Å²) >= 11 is 0. The first kappa shape index (κ1) is 12.4. The lowest BCUT2D eigenvalue weighted by molar-refractivity contribution is 0.945. The van der Waals surface area contributed by atoms with E-state index in [1.807, 2.05) is 26.0 Å². The van der Waals surface area contributed by atoms with Gasteiger partial charge in [-0.25, -0.2) is 4.98 Å². The first-order valence-electron chi connectivity index (χ1n) is 5.58. The minimum absolute atomic E-state index is 0.530. The fourth-order valence-corrected chi connectivity index (χ4v) is 1.37. The molecule has 0 aromatic carbocycles. The molecule has 0 radical (unpaired) electrons. The van der Waals surface area contributed by atoms with Crippen LogP contribution in [-0.4, -0.2) is 10.7 Å². The van der Waals surface area contributed by atoms with E-state index in [0.29, 0.717) is 5.82 Å². The van der Waals surface area contributed by atoms with Gasteiger partial charge in [-0.15, -0.1) is 0 Å². The predicted octanol–water partition coefficient (Wildman–Crippen LogP) is 3.18. The Hall–Kier alpha value is -1.64. The molecule has 0 spiro atoms. The van der Waals surface area contributed by atoms with E-state index >= 15 is 0 Å². The van der Waals surface area contributed by atoms with Crippen LogP contribution in [0.3, 0.4) is 0 Å². The van der Waals surface area contributed by atoms with Gasteiger partial charge in [0.2, 0.25) is 0 Å². The van der Waals surface area contributed by atoms with Crippen molar-refractivity contribution >= 4 is 11.5 Å². The molecule has 0 atom stereocenters. The number of hydrogen-bond donors (Lipinski definition) is 1. The number of unbranched alkanes of at least 4 members (excludes halogenated alkanes) is 1. The molecule has 0 saturated heterocycles. The summed E-state index contributed by atoms with van der Waals surface area (Å²) in [6.07, 6.45) is 4.34. The average molecular weight is 217 g/mol. The molecule has 0 unspecified atom stereocenters. The molecule has 0 bridgehead atoms. The molecule has 3 heteroatoms. The highest BCUT2D eigenvalue weighted by atomic mass is 14.9. The molecule has 2 N–H and O–H groups in total. The summed E-state index contributed by atoms with van der Waals surface area (Å²) in [7, 11) is 0. The van der Waals surface area contributed by atoms with Gasteiger partial charge in [0.15, 0.2) is 0 Å². The monoisotopic (exact) mass is 217 g/mol. The molecule has 3 nitrogen and oxygen atoms in total. The number of rotatable bonds is 4. The maximum atomic E-state index is 5.63. The lowest BCUT2D eigenvalue weighted by Gasteiger charge is -2.01. The zero-order valence-electron chi connectivity index (χ0n) is 10.2. The van der Waals surface area contributed by atoms with Gasteiger partial charge in [-0.1, -0.05) is 25.5 Å². The lowest BCUT2D eigenvalue weighted by atomic mass is 10.2. The molecule has 0 aliphatic heterocycles. The largest absolute Gasteiger partial charge is 0.384 e. The van der Waals surface area contributed by atoms with Crippen LogP contribution < -0.4 is 5.73 Å². The van der Waals surface area contributed by atoms with Crippen LogP contribution in [0.25, 0.3) is 0 Å². The molecule has 1 aromatic heterocycles. The zero-order chi connectivity index (χ0) is 12.0. The number of anilines is 1. The summed E-state index contributed by atoms with van der Waals surface area (Å²) in [5, 5.41) is 0. The van der Waals surface area contributed by atoms with Gasteiger partial charge in [-0.2, -0.15) is 0 Å². The van der Waals surface area contributed by atoms with Crippen LogP contribution in [0.5, 0.6) is 0 Å². The Bertz CT molecular complexity index is 405. The summed E-state index contributed by atoms with van der Waals surface area (Å²) in [6, 6.07) is 5.58. The van der Waals surface area contributed by atoms with E-state index in [9.17, 15) is 0 Å². The van der Waals surface area contributed by atoms with E-state index in [-0.39, 0.29) is 0 Å². The van der Waals surface area contributed by atoms with Gasteiger partial charge in [0, 0.05) is 5.70 Å². The van der Waals surface area contributed by atoms with Crippen molar-refractivity contribution in [2.75, 3.05) is 5.73 Å². The van der Waals surface area contributed by atoms with Gasteiger partial charge in [-0.3, -0.25) is 4.99 Å². The maximum Gasteiger partial charge on any atom is 0.124 e. The Kier molecular flexibility index (Phi) is 4.70. The van der Waals surface area contributed by atoms with E-state index in [4.69, 9.17) is 5.73 Å². The number of nitrogen functional groups attached to an aromatic ring is 1. The van der Waals surface area contributed by atoms with Gasteiger partial charge >= 0.3 is 0 Å². The van der Waals surface area contributed by atoms with Crippen molar-refractivity contribution in [3.8, 4) is 0 Å². The number of aromatic nitrogens is 1. The summed E-state index contributed by atoms with van der Waals surface area (Å²) in [6.45, 7) is 6.11. The number of allylic oxidation sites excluding steroid dienone is 2. The van der Waals surface area contributed by atoms with Crippen molar-refractivity contribution in [2.24, 2.45) is 4.99 Å². The van der Waals surface area contributed by atoms with Gasteiger partial charge in [0.1, 0.15) is 5.82 Å². The summed E-state index contributed by atoms with van der Waals surface area (Å²) in [5.74, 6) is 0.530. The van der Waals surface area contributed by atoms with E-state index in [2.05, 4.69) is 23.0 Å². The third kappa shape index (κ3) is 3.85. The molecule has 0 fully saturated rings. The molecule has 0 aliphatic rings. The second-order valence-corrected chi connectivity index (χ2v) is 3.78. The van der Waals surface area contributed by atoms with Crippen LogP contribution >= 0.6 is 0 Å². The van der Waals surface area contributed by atoms with E-state index < -0.39 is 0 Å². The quantitative estimate of drug-likeness (QED) is 0.787. The first-order chi connectivity index (χ1) is 7.63. The second kappa shape index (κ2) is 6.05. The van der Waals surface area contributed by atoms with Crippen molar-refractivity contribution in [3.63, 3.8) is 0 Å². The topological polar surface area (TPSA) is 51.3 Å². The minimum atomic E-state index is 0.530. The van der Waals surface area contributed by atoms with E-state index in [0.717, 1.165) is 29.9 Å². The standard InChI is InChI=1S/C13H19N3/c1-4-5-7-10(2)15-11(3)12-8-6-9-13(14)16-12/h6-9H,4-5H2,1-3H3,(H2,14,16)/b10-7-,15-11?. The minimum Gasteiger partial charge on any atom is -0.384 e. The fourth-order valence-electron chi connectivity index (χ4n) is 1.37. The fraction of sp³-hybridized carbons (Fsp3) is 0.385. The number of pyridine rings is 1. The van der Waals surface area contributed by atoms with Crippen LogP contribution in [0.2, 0.25) is 0 Å².